The number of methoxy groups -OCH3 is 1. The molecule has 1 aliphatic carbocycles. The lowest BCUT2D eigenvalue weighted by Gasteiger charge is -2.22. The minimum atomic E-state index is -4.36. The van der Waals surface area contributed by atoms with E-state index in [0.29, 0.717) is 31.5 Å². The Morgan fingerprint density at radius 3 is 2.41 bits per heavy atom. The van der Waals surface area contributed by atoms with Crippen molar-refractivity contribution in [2.45, 2.75) is 24.9 Å². The number of carbonyl (C=O) groups is 1. The predicted octanol–water partition coefficient (Wildman–Crippen LogP) is 3.83. The molecule has 1 aromatic carbocycles. The van der Waals surface area contributed by atoms with Crippen LogP contribution in [0.5, 0.6) is 5.88 Å². The van der Waals surface area contributed by atoms with Gasteiger partial charge >= 0.3 is 12.1 Å². The quantitative estimate of drug-likeness (QED) is 0.830. The number of ether oxygens (including phenoxy) is 1. The summed E-state index contributed by atoms with van der Waals surface area (Å²) < 4.78 is 45.2. The molecule has 6 nitrogen and oxygen atoms in total. The monoisotopic (exact) mass is 407 g/mol. The van der Waals surface area contributed by atoms with Crippen LogP contribution in [0, 0.1) is 11.8 Å². The Morgan fingerprint density at radius 2 is 1.83 bits per heavy atom. The topological polar surface area (TPSA) is 75.6 Å². The maximum atomic E-state index is 13.4. The van der Waals surface area contributed by atoms with Crippen LogP contribution in [-0.4, -0.2) is 41.2 Å². The number of benzene rings is 1. The molecular formula is C20H20F3N3O3. The molecule has 1 unspecified atom stereocenters. The number of anilines is 1. The van der Waals surface area contributed by atoms with Crippen LogP contribution in [0.3, 0.4) is 0 Å². The van der Waals surface area contributed by atoms with Gasteiger partial charge in [-0.15, -0.1) is 0 Å². The van der Waals surface area contributed by atoms with E-state index in [0.717, 1.165) is 6.07 Å². The van der Waals surface area contributed by atoms with E-state index < -0.39 is 17.7 Å². The maximum absolute atomic E-state index is 13.4. The largest absolute Gasteiger partial charge is 0.481 e. The summed E-state index contributed by atoms with van der Waals surface area (Å²) in [5, 5.41) is 9.23. The van der Waals surface area contributed by atoms with Gasteiger partial charge in [0.05, 0.1) is 12.7 Å². The van der Waals surface area contributed by atoms with Gasteiger partial charge in [0.2, 0.25) is 11.8 Å². The fraction of sp³-hybridized carbons (Fsp3) is 0.450. The molecule has 29 heavy (non-hydrogen) atoms. The normalized spacial score (nSPS) is 23.9. The van der Waals surface area contributed by atoms with E-state index in [-0.39, 0.29) is 35.3 Å². The van der Waals surface area contributed by atoms with Gasteiger partial charge in [-0.05, 0) is 42.2 Å². The Labute approximate surface area is 165 Å². The Kier molecular flexibility index (Phi) is 4.84. The van der Waals surface area contributed by atoms with E-state index in [1.807, 2.05) is 4.90 Å². The first-order chi connectivity index (χ1) is 13.8. The molecule has 2 fully saturated rings. The third-order valence-corrected chi connectivity index (χ3v) is 5.86. The predicted molar refractivity (Wildman–Crippen MR) is 98.2 cm³/mol. The van der Waals surface area contributed by atoms with Gasteiger partial charge in [-0.1, -0.05) is 18.2 Å². The number of alkyl halides is 3. The number of rotatable bonds is 4. The summed E-state index contributed by atoms with van der Waals surface area (Å²) in [7, 11) is 1.40. The number of nitrogens with zero attached hydrogens (tertiary/aromatic N) is 3. The van der Waals surface area contributed by atoms with Gasteiger partial charge in [0.25, 0.3) is 0 Å². The van der Waals surface area contributed by atoms with E-state index in [4.69, 9.17) is 4.74 Å². The summed E-state index contributed by atoms with van der Waals surface area (Å²) in [6, 6.07) is 7.06. The molecule has 1 aliphatic heterocycles. The fourth-order valence-corrected chi connectivity index (χ4v) is 4.60. The van der Waals surface area contributed by atoms with Crippen molar-refractivity contribution in [1.82, 2.24) is 9.97 Å². The molecule has 3 atom stereocenters. The van der Waals surface area contributed by atoms with Gasteiger partial charge in [0, 0.05) is 19.2 Å². The zero-order valence-electron chi connectivity index (χ0n) is 15.7. The van der Waals surface area contributed by atoms with Crippen molar-refractivity contribution in [3.63, 3.8) is 0 Å². The molecule has 1 aromatic heterocycles. The first-order valence-electron chi connectivity index (χ1n) is 9.33. The first kappa shape index (κ1) is 19.5. The van der Waals surface area contributed by atoms with Crippen LogP contribution in [-0.2, 0) is 6.18 Å². The van der Waals surface area contributed by atoms with Crippen LogP contribution in [0.25, 0.3) is 0 Å². The van der Waals surface area contributed by atoms with E-state index in [9.17, 15) is 23.1 Å². The van der Waals surface area contributed by atoms with Crippen LogP contribution < -0.4 is 9.64 Å². The number of carboxylic acid groups (broad SMARTS) is 1. The van der Waals surface area contributed by atoms with E-state index in [2.05, 4.69) is 9.97 Å². The summed E-state index contributed by atoms with van der Waals surface area (Å²) in [6.07, 6.45) is -3.05. The molecule has 0 amide bonds. The summed E-state index contributed by atoms with van der Waals surface area (Å²) in [5.41, 5.74) is -0.336. The summed E-state index contributed by atoms with van der Waals surface area (Å²) >= 11 is 0. The SMILES string of the molecule is COc1cc(C(=O)O)nc(N2C[C@H]3CC(c4ccccc4C(F)(F)F)C[C@H]3C2)n1. The Hall–Kier alpha value is -2.84. The van der Waals surface area contributed by atoms with Crippen molar-refractivity contribution in [3.05, 3.63) is 47.2 Å². The zero-order valence-corrected chi connectivity index (χ0v) is 15.7. The van der Waals surface area contributed by atoms with Crippen molar-refractivity contribution in [2.24, 2.45) is 11.8 Å². The number of aromatic carboxylic acids is 1. The highest BCUT2D eigenvalue weighted by molar-refractivity contribution is 5.86. The van der Waals surface area contributed by atoms with Gasteiger partial charge in [0.1, 0.15) is 0 Å². The molecule has 4 rings (SSSR count). The van der Waals surface area contributed by atoms with Crippen molar-refractivity contribution in [2.75, 3.05) is 25.1 Å². The van der Waals surface area contributed by atoms with Crippen LogP contribution in [0.4, 0.5) is 19.1 Å². The highest BCUT2D eigenvalue weighted by Gasteiger charge is 2.44. The van der Waals surface area contributed by atoms with Gasteiger partial charge in [-0.3, -0.25) is 0 Å². The van der Waals surface area contributed by atoms with E-state index in [1.165, 1.54) is 19.2 Å². The highest BCUT2D eigenvalue weighted by Crippen LogP contribution is 2.49. The number of halogens is 3. The molecule has 0 spiro atoms. The van der Waals surface area contributed by atoms with Crippen LogP contribution >= 0.6 is 0 Å². The molecule has 1 N–H and O–H groups in total. The summed E-state index contributed by atoms with van der Waals surface area (Å²) in [4.78, 5) is 21.5. The van der Waals surface area contributed by atoms with Gasteiger partial charge in [0.15, 0.2) is 5.69 Å². The molecule has 2 heterocycles. The third kappa shape index (κ3) is 3.73. The number of hydrogen-bond acceptors (Lipinski definition) is 5. The van der Waals surface area contributed by atoms with Crippen molar-refractivity contribution in [3.8, 4) is 5.88 Å². The Morgan fingerprint density at radius 1 is 1.17 bits per heavy atom. The van der Waals surface area contributed by atoms with Gasteiger partial charge in [-0.2, -0.15) is 18.2 Å². The molecular weight excluding hydrogens is 387 g/mol. The number of fused-ring (bicyclic) bond motifs is 1. The van der Waals surface area contributed by atoms with E-state index >= 15 is 0 Å². The number of aromatic nitrogens is 2. The number of carboxylic acids is 1. The molecule has 2 aliphatic rings. The zero-order chi connectivity index (χ0) is 20.8. The second-order valence-corrected chi connectivity index (χ2v) is 7.58. The van der Waals surface area contributed by atoms with Crippen molar-refractivity contribution < 1.29 is 27.8 Å². The second kappa shape index (κ2) is 7.20. The standard InChI is InChI=1S/C20H20F3N3O3/c1-29-17-8-16(18(27)28)24-19(25-17)26-9-12-6-11(7-13(12)10-26)14-4-2-3-5-15(14)20(21,22)23/h2-5,8,11-13H,6-7,9-10H2,1H3,(H,27,28)/t11?,12-,13+. The average molecular weight is 407 g/mol. The van der Waals surface area contributed by atoms with Crippen LogP contribution in [0.1, 0.15) is 40.4 Å². The second-order valence-electron chi connectivity index (χ2n) is 7.58. The molecule has 2 aromatic rings. The lowest BCUT2D eigenvalue weighted by molar-refractivity contribution is -0.138. The highest BCUT2D eigenvalue weighted by atomic mass is 19.4. The minimum Gasteiger partial charge on any atom is -0.481 e. The van der Waals surface area contributed by atoms with Crippen LogP contribution in [0.15, 0.2) is 30.3 Å². The molecule has 9 heteroatoms. The lowest BCUT2D eigenvalue weighted by atomic mass is 9.91. The minimum absolute atomic E-state index is 0.134. The van der Waals surface area contributed by atoms with Crippen molar-refractivity contribution in [1.29, 1.82) is 0 Å². The smallest absolute Gasteiger partial charge is 0.416 e. The lowest BCUT2D eigenvalue weighted by Crippen LogP contribution is -2.25. The molecule has 154 valence electrons. The fourth-order valence-electron chi connectivity index (χ4n) is 4.60. The first-order valence-corrected chi connectivity index (χ1v) is 9.33. The average Bonchev–Trinajstić information content (AvgIpc) is 3.26. The summed E-state index contributed by atoms with van der Waals surface area (Å²) in [5.74, 6) is -0.431. The van der Waals surface area contributed by atoms with E-state index in [1.54, 1.807) is 12.1 Å². The number of hydrogen-bond donors (Lipinski definition) is 1. The van der Waals surface area contributed by atoms with Gasteiger partial charge in [-0.25, -0.2) is 9.78 Å². The van der Waals surface area contributed by atoms with Crippen molar-refractivity contribution >= 4 is 11.9 Å². The molecule has 1 saturated carbocycles. The summed E-state index contributed by atoms with van der Waals surface area (Å²) in [6.45, 7) is 1.17. The Bertz CT molecular complexity index is 921. The maximum Gasteiger partial charge on any atom is 0.416 e. The Balaban J connectivity index is 1.52. The molecule has 1 saturated heterocycles. The third-order valence-electron chi connectivity index (χ3n) is 5.86. The van der Waals surface area contributed by atoms with Crippen LogP contribution in [0.2, 0.25) is 0 Å². The molecule has 0 radical (unpaired) electrons. The van der Waals surface area contributed by atoms with Gasteiger partial charge < -0.3 is 14.7 Å². The molecule has 0 bridgehead atoms.